The number of aliphatic hydroxyl groups is 1. The highest BCUT2D eigenvalue weighted by Crippen LogP contribution is 2.45. The average molecular weight is 1560 g/mol. The normalized spacial score (nSPS) is 14.3. The molecule has 0 aromatic heterocycles. The number of rotatable bonds is 81. The predicted octanol–water partition coefficient (Wildman–Crippen LogP) is 25.7. The predicted molar refractivity (Wildman–Crippen MR) is 445 cm³/mol. The van der Waals surface area contributed by atoms with Gasteiger partial charge in [-0.3, -0.25) is 37.3 Å². The average Bonchev–Trinajstić information content (AvgIpc) is 0.923. The number of unbranched alkanes of at least 4 members (excludes halogenated alkanes) is 37. The number of carbonyl (C=O) groups is 4. The van der Waals surface area contributed by atoms with Crippen LogP contribution in [-0.4, -0.2) is 96.7 Å². The van der Waals surface area contributed by atoms with Crippen molar-refractivity contribution in [3.8, 4) is 0 Å². The van der Waals surface area contributed by atoms with Crippen LogP contribution in [-0.2, 0) is 65.4 Å². The zero-order valence-corrected chi connectivity index (χ0v) is 70.3. The first-order valence-electron chi connectivity index (χ1n) is 43.1. The van der Waals surface area contributed by atoms with Gasteiger partial charge in [-0.2, -0.15) is 0 Å². The fourth-order valence-corrected chi connectivity index (χ4v) is 13.1. The minimum atomic E-state index is -4.99. The number of phosphoric acid groups is 2. The van der Waals surface area contributed by atoms with Gasteiger partial charge in [0.1, 0.15) is 19.3 Å². The summed E-state index contributed by atoms with van der Waals surface area (Å²) in [5.74, 6) is -2.21. The molecule has 5 unspecified atom stereocenters. The number of hydrogen-bond acceptors (Lipinski definition) is 15. The zero-order chi connectivity index (χ0) is 78.9. The van der Waals surface area contributed by atoms with E-state index in [2.05, 4.69) is 137 Å². The molecule has 0 aromatic carbocycles. The monoisotopic (exact) mass is 1560 g/mol. The molecule has 0 fully saturated rings. The van der Waals surface area contributed by atoms with E-state index in [1.807, 2.05) is 0 Å². The lowest BCUT2D eigenvalue weighted by Crippen LogP contribution is -2.30. The van der Waals surface area contributed by atoms with Crippen LogP contribution in [0.4, 0.5) is 0 Å². The first-order chi connectivity index (χ1) is 52.7. The highest BCUT2D eigenvalue weighted by molar-refractivity contribution is 7.47. The van der Waals surface area contributed by atoms with Crippen LogP contribution in [0.2, 0.25) is 0 Å². The first-order valence-corrected chi connectivity index (χ1v) is 46.1. The van der Waals surface area contributed by atoms with Crippen molar-refractivity contribution >= 4 is 39.5 Å². The molecule has 0 aliphatic heterocycles. The lowest BCUT2D eigenvalue weighted by atomic mass is 10.1. The minimum absolute atomic E-state index is 0.0752. The van der Waals surface area contributed by atoms with Crippen LogP contribution in [0, 0.1) is 0 Å². The Hall–Kier alpha value is -4.28. The van der Waals surface area contributed by atoms with E-state index in [0.29, 0.717) is 25.7 Å². The Labute approximate surface area is 658 Å². The number of aliphatic hydroxyl groups excluding tert-OH is 1. The summed E-state index contributed by atoms with van der Waals surface area (Å²) < 4.78 is 68.8. The molecular formula is C89H156O17P2. The highest BCUT2D eigenvalue weighted by atomic mass is 31.2. The molecule has 0 saturated heterocycles. The molecule has 108 heavy (non-hydrogen) atoms. The summed E-state index contributed by atoms with van der Waals surface area (Å²) in [4.78, 5) is 73.3. The van der Waals surface area contributed by atoms with Crippen molar-refractivity contribution in [3.63, 3.8) is 0 Å². The molecule has 0 aliphatic rings. The van der Waals surface area contributed by atoms with Gasteiger partial charge < -0.3 is 33.8 Å². The Kier molecular flexibility index (Phi) is 77.6. The molecule has 624 valence electrons. The van der Waals surface area contributed by atoms with E-state index < -0.39 is 97.5 Å². The van der Waals surface area contributed by atoms with Gasteiger partial charge in [-0.05, 0) is 161 Å². The molecule has 0 radical (unpaired) electrons. The molecule has 0 saturated carbocycles. The fraction of sp³-hybridized carbons (Fsp3) is 0.753. The van der Waals surface area contributed by atoms with Crippen molar-refractivity contribution in [3.05, 3.63) is 109 Å². The summed E-state index contributed by atoms with van der Waals surface area (Å²) in [6, 6.07) is 0. The van der Waals surface area contributed by atoms with Crippen molar-refractivity contribution in [2.75, 3.05) is 39.6 Å². The van der Waals surface area contributed by atoms with E-state index in [4.69, 9.17) is 37.0 Å². The van der Waals surface area contributed by atoms with Crippen molar-refractivity contribution in [1.82, 2.24) is 0 Å². The molecule has 0 spiro atoms. The maximum Gasteiger partial charge on any atom is 0.472 e. The molecule has 5 atom stereocenters. The molecule has 0 aliphatic carbocycles. The summed E-state index contributed by atoms with van der Waals surface area (Å²) in [5, 5.41) is 10.7. The lowest BCUT2D eigenvalue weighted by Gasteiger charge is -2.21. The number of hydrogen-bond donors (Lipinski definition) is 3. The van der Waals surface area contributed by atoms with Gasteiger partial charge in [-0.25, -0.2) is 9.13 Å². The Morgan fingerprint density at radius 1 is 0.259 bits per heavy atom. The Balaban J connectivity index is 5.39. The molecule has 3 N–H and O–H groups in total. The topological polar surface area (TPSA) is 237 Å². The van der Waals surface area contributed by atoms with Crippen LogP contribution in [0.25, 0.3) is 0 Å². The summed E-state index contributed by atoms with van der Waals surface area (Å²) in [6.07, 6.45) is 88.9. The standard InChI is InChI=1S/C89H156O17P2/c1-5-9-13-17-21-25-29-33-37-39-41-43-47-49-53-57-61-65-69-73-86(91)99-79-84(105-88(93)75-71-67-63-59-55-51-45-35-31-27-23-19-15-11-7-3)81-103-107(95,96)101-77-83(90)78-102-108(97,98)104-82-85(106-89(94)76-72-68-64-60-56-52-46-36-32-28-24-20-16-12-8-4)80-100-87(92)74-70-66-62-58-54-50-48-44-42-40-38-34-30-26-22-18-14-10-6-2/h21-23,25-27,33-38,41-46,83-85,90H,5-20,24,28-32,39-40,47-82H2,1-4H3,(H,95,96)(H,97,98)/b25-21-,26-22-,27-23-,37-33-,38-34-,43-41-,44-42-,45-35-,46-36-. The maximum atomic E-state index is 13.1. The Morgan fingerprint density at radius 2 is 0.454 bits per heavy atom. The summed E-state index contributed by atoms with van der Waals surface area (Å²) in [7, 11) is -9.98. The molecule has 0 rings (SSSR count). The smallest absolute Gasteiger partial charge is 0.462 e. The van der Waals surface area contributed by atoms with Crippen LogP contribution in [0.5, 0.6) is 0 Å². The second kappa shape index (κ2) is 80.8. The largest absolute Gasteiger partial charge is 0.472 e. The van der Waals surface area contributed by atoms with Crippen LogP contribution in [0.1, 0.15) is 374 Å². The van der Waals surface area contributed by atoms with E-state index >= 15 is 0 Å². The quantitative estimate of drug-likeness (QED) is 0.0169. The molecule has 17 nitrogen and oxygen atoms in total. The van der Waals surface area contributed by atoms with Gasteiger partial charge in [0.2, 0.25) is 0 Å². The van der Waals surface area contributed by atoms with Gasteiger partial charge in [-0.1, -0.05) is 298 Å². The van der Waals surface area contributed by atoms with Gasteiger partial charge in [0.25, 0.3) is 0 Å². The van der Waals surface area contributed by atoms with Crippen LogP contribution in [0.15, 0.2) is 109 Å². The molecule has 0 bridgehead atoms. The number of ether oxygens (including phenoxy) is 4. The summed E-state index contributed by atoms with van der Waals surface area (Å²) in [6.45, 7) is 4.79. The third-order valence-corrected chi connectivity index (χ3v) is 20.1. The number of phosphoric ester groups is 2. The number of esters is 4. The Morgan fingerprint density at radius 3 is 0.722 bits per heavy atom. The van der Waals surface area contributed by atoms with E-state index in [9.17, 15) is 43.2 Å². The Bertz CT molecular complexity index is 2470. The van der Waals surface area contributed by atoms with E-state index in [1.54, 1.807) is 0 Å². The second-order valence-corrected chi connectivity index (χ2v) is 31.7. The van der Waals surface area contributed by atoms with Crippen molar-refractivity contribution in [2.45, 2.75) is 393 Å². The lowest BCUT2D eigenvalue weighted by molar-refractivity contribution is -0.161. The van der Waals surface area contributed by atoms with E-state index in [-0.39, 0.29) is 25.7 Å². The zero-order valence-electron chi connectivity index (χ0n) is 68.5. The van der Waals surface area contributed by atoms with Crippen LogP contribution >= 0.6 is 15.6 Å². The van der Waals surface area contributed by atoms with Crippen LogP contribution in [0.3, 0.4) is 0 Å². The number of carbonyl (C=O) groups excluding carboxylic acids is 4. The third kappa shape index (κ3) is 79.8. The van der Waals surface area contributed by atoms with Crippen molar-refractivity contribution in [2.24, 2.45) is 0 Å². The number of allylic oxidation sites excluding steroid dienone is 18. The minimum Gasteiger partial charge on any atom is -0.462 e. The van der Waals surface area contributed by atoms with Gasteiger partial charge in [0.15, 0.2) is 12.2 Å². The summed E-state index contributed by atoms with van der Waals surface area (Å²) in [5.41, 5.74) is 0. The molecule has 0 heterocycles. The molecular weight excluding hydrogens is 1400 g/mol. The van der Waals surface area contributed by atoms with E-state index in [0.717, 1.165) is 199 Å². The first kappa shape index (κ1) is 104. The molecule has 0 amide bonds. The van der Waals surface area contributed by atoms with Gasteiger partial charge in [0, 0.05) is 25.7 Å². The molecule has 19 heteroatoms. The van der Waals surface area contributed by atoms with Crippen molar-refractivity contribution in [1.29, 1.82) is 0 Å². The second-order valence-electron chi connectivity index (χ2n) is 28.8. The summed E-state index contributed by atoms with van der Waals surface area (Å²) >= 11 is 0. The third-order valence-electron chi connectivity index (χ3n) is 18.2. The van der Waals surface area contributed by atoms with Crippen LogP contribution < -0.4 is 0 Å². The SMILES string of the molecule is CCCCC/C=C\C/C=C\C/C=C\CCCCCCCCC(=O)OCC(COP(=O)(O)OCC(O)COP(=O)(O)OCC(COC(=O)CCCCCCCC/C=C\C/C=C\C/C=C\CCCCC)OC(=O)CCCCCCC/C=C\CCCCCCCC)OC(=O)CCCCCCC/C=C\C/C=C\CCCCC. The van der Waals surface area contributed by atoms with Crippen molar-refractivity contribution < 1.29 is 80.2 Å². The highest BCUT2D eigenvalue weighted by Gasteiger charge is 2.30. The molecule has 0 aromatic rings. The maximum absolute atomic E-state index is 13.1. The van der Waals surface area contributed by atoms with Gasteiger partial charge in [0.05, 0.1) is 26.4 Å². The van der Waals surface area contributed by atoms with E-state index in [1.165, 1.54) is 96.3 Å². The van der Waals surface area contributed by atoms with Gasteiger partial charge >= 0.3 is 39.5 Å². The van der Waals surface area contributed by atoms with Gasteiger partial charge in [-0.15, -0.1) is 0 Å². The fourth-order valence-electron chi connectivity index (χ4n) is 11.6.